The Labute approximate surface area is 176 Å². The molecule has 0 fully saturated rings. The maximum Gasteiger partial charge on any atom is 0.242 e. The Kier molecular flexibility index (Phi) is 5.69. The average molecular weight is 425 g/mol. The number of aromatic nitrogens is 3. The normalized spacial score (nSPS) is 11.9. The van der Waals surface area contributed by atoms with E-state index in [0.717, 1.165) is 11.2 Å². The molecule has 1 amide bonds. The number of halogens is 1. The van der Waals surface area contributed by atoms with Crippen molar-refractivity contribution >= 4 is 40.6 Å². The van der Waals surface area contributed by atoms with Gasteiger partial charge in [0, 0.05) is 11.9 Å². The SMILES string of the molecule is COc1ccc(NC(=O)C(Sc2nnc3ccccn23)c2ccccc2)cc1Cl. The van der Waals surface area contributed by atoms with Crippen LogP contribution in [-0.4, -0.2) is 27.6 Å². The van der Waals surface area contributed by atoms with Crippen molar-refractivity contribution in [2.45, 2.75) is 10.4 Å². The molecule has 8 heteroatoms. The molecule has 4 rings (SSSR count). The van der Waals surface area contributed by atoms with Gasteiger partial charge < -0.3 is 10.1 Å². The molecular weight excluding hydrogens is 408 g/mol. The van der Waals surface area contributed by atoms with E-state index in [1.54, 1.807) is 25.3 Å². The van der Waals surface area contributed by atoms with Gasteiger partial charge in [-0.1, -0.05) is 59.8 Å². The number of ether oxygens (including phenoxy) is 1. The van der Waals surface area contributed by atoms with E-state index in [9.17, 15) is 4.79 Å². The molecule has 6 nitrogen and oxygen atoms in total. The largest absolute Gasteiger partial charge is 0.495 e. The number of thioether (sulfide) groups is 1. The molecule has 146 valence electrons. The fourth-order valence-electron chi connectivity index (χ4n) is 2.86. The van der Waals surface area contributed by atoms with Gasteiger partial charge in [-0.2, -0.15) is 0 Å². The molecule has 2 heterocycles. The summed E-state index contributed by atoms with van der Waals surface area (Å²) in [6.07, 6.45) is 1.88. The summed E-state index contributed by atoms with van der Waals surface area (Å²) in [7, 11) is 1.55. The van der Waals surface area contributed by atoms with E-state index in [-0.39, 0.29) is 5.91 Å². The summed E-state index contributed by atoms with van der Waals surface area (Å²) in [5, 5.41) is 11.9. The molecule has 2 aromatic carbocycles. The fraction of sp³-hybridized carbons (Fsp3) is 0.0952. The first-order valence-electron chi connectivity index (χ1n) is 8.81. The molecule has 0 spiro atoms. The molecule has 0 aliphatic rings. The highest BCUT2D eigenvalue weighted by atomic mass is 35.5. The topological polar surface area (TPSA) is 68.5 Å². The van der Waals surface area contributed by atoms with Crippen molar-refractivity contribution in [2.75, 3.05) is 12.4 Å². The minimum absolute atomic E-state index is 0.185. The van der Waals surface area contributed by atoms with Gasteiger partial charge in [0.2, 0.25) is 5.91 Å². The first kappa shape index (κ1) is 19.3. The zero-order valence-electron chi connectivity index (χ0n) is 15.4. The highest BCUT2D eigenvalue weighted by Gasteiger charge is 2.25. The molecular formula is C21H17ClN4O2S. The summed E-state index contributed by atoms with van der Waals surface area (Å²) in [4.78, 5) is 13.2. The second kappa shape index (κ2) is 8.55. The van der Waals surface area contributed by atoms with Crippen LogP contribution >= 0.6 is 23.4 Å². The Hall–Kier alpha value is -3.03. The van der Waals surface area contributed by atoms with Crippen LogP contribution in [-0.2, 0) is 4.79 Å². The zero-order valence-corrected chi connectivity index (χ0v) is 17.0. The van der Waals surface area contributed by atoms with Gasteiger partial charge in [0.15, 0.2) is 10.8 Å². The van der Waals surface area contributed by atoms with Crippen molar-refractivity contribution in [1.29, 1.82) is 0 Å². The quantitative estimate of drug-likeness (QED) is 0.447. The van der Waals surface area contributed by atoms with Crippen LogP contribution in [0, 0.1) is 0 Å². The molecule has 0 aliphatic heterocycles. The summed E-state index contributed by atoms with van der Waals surface area (Å²) in [6, 6.07) is 20.4. The van der Waals surface area contributed by atoms with Crippen LogP contribution < -0.4 is 10.1 Å². The number of rotatable bonds is 6. The van der Waals surface area contributed by atoms with Gasteiger partial charge in [0.25, 0.3) is 0 Å². The van der Waals surface area contributed by atoms with Crippen molar-refractivity contribution in [3.05, 3.63) is 83.5 Å². The highest BCUT2D eigenvalue weighted by Crippen LogP contribution is 2.36. The molecule has 29 heavy (non-hydrogen) atoms. The maximum absolute atomic E-state index is 13.2. The van der Waals surface area contributed by atoms with Crippen molar-refractivity contribution in [3.8, 4) is 5.75 Å². The lowest BCUT2D eigenvalue weighted by molar-refractivity contribution is -0.115. The van der Waals surface area contributed by atoms with Crippen LogP contribution in [0.2, 0.25) is 5.02 Å². The molecule has 2 aromatic heterocycles. The number of benzene rings is 2. The number of nitrogens with one attached hydrogen (secondary N) is 1. The Morgan fingerprint density at radius 2 is 1.90 bits per heavy atom. The Morgan fingerprint density at radius 1 is 1.10 bits per heavy atom. The predicted octanol–water partition coefficient (Wildman–Crippen LogP) is 4.86. The second-order valence-electron chi connectivity index (χ2n) is 6.16. The third-order valence-corrected chi connectivity index (χ3v) is 5.77. The number of anilines is 1. The van der Waals surface area contributed by atoms with Gasteiger partial charge in [-0.25, -0.2) is 0 Å². The van der Waals surface area contributed by atoms with Crippen LogP contribution in [0.15, 0.2) is 78.1 Å². The number of hydrogen-bond donors (Lipinski definition) is 1. The minimum atomic E-state index is -0.523. The molecule has 0 bridgehead atoms. The Balaban J connectivity index is 1.64. The van der Waals surface area contributed by atoms with Crippen LogP contribution in [0.3, 0.4) is 0 Å². The third-order valence-electron chi connectivity index (χ3n) is 4.27. The third kappa shape index (κ3) is 4.21. The standard InChI is InChI=1S/C21H17ClN4O2S/c1-28-17-11-10-15(13-16(17)22)23-20(27)19(14-7-3-2-4-8-14)29-21-25-24-18-9-5-6-12-26(18)21/h2-13,19H,1H3,(H,23,27). The van der Waals surface area contributed by atoms with Crippen LogP contribution in [0.1, 0.15) is 10.8 Å². The smallest absolute Gasteiger partial charge is 0.242 e. The molecule has 0 aliphatic carbocycles. The molecule has 1 N–H and O–H groups in total. The summed E-state index contributed by atoms with van der Waals surface area (Å²) in [5.74, 6) is 0.365. The van der Waals surface area contributed by atoms with E-state index >= 15 is 0 Å². The highest BCUT2D eigenvalue weighted by molar-refractivity contribution is 8.00. The van der Waals surface area contributed by atoms with Gasteiger partial charge in [-0.3, -0.25) is 9.20 Å². The van der Waals surface area contributed by atoms with E-state index in [1.807, 2.05) is 59.1 Å². The summed E-state index contributed by atoms with van der Waals surface area (Å²) >= 11 is 7.52. The number of hydrogen-bond acceptors (Lipinski definition) is 5. The average Bonchev–Trinajstić information content (AvgIpc) is 3.15. The van der Waals surface area contributed by atoms with Gasteiger partial charge >= 0.3 is 0 Å². The van der Waals surface area contributed by atoms with Gasteiger partial charge in [0.05, 0.1) is 12.1 Å². The van der Waals surface area contributed by atoms with Crippen molar-refractivity contribution < 1.29 is 9.53 Å². The zero-order chi connectivity index (χ0) is 20.2. The molecule has 0 radical (unpaired) electrons. The molecule has 0 saturated heterocycles. The summed E-state index contributed by atoms with van der Waals surface area (Å²) in [5.41, 5.74) is 2.18. The molecule has 0 saturated carbocycles. The summed E-state index contributed by atoms with van der Waals surface area (Å²) < 4.78 is 7.03. The molecule has 4 aromatic rings. The van der Waals surface area contributed by atoms with Crippen LogP contribution in [0.5, 0.6) is 5.75 Å². The van der Waals surface area contributed by atoms with Crippen LogP contribution in [0.4, 0.5) is 5.69 Å². The van der Waals surface area contributed by atoms with Crippen molar-refractivity contribution in [3.63, 3.8) is 0 Å². The lowest BCUT2D eigenvalue weighted by Crippen LogP contribution is -2.19. The summed E-state index contributed by atoms with van der Waals surface area (Å²) in [6.45, 7) is 0. The van der Waals surface area contributed by atoms with Crippen molar-refractivity contribution in [2.24, 2.45) is 0 Å². The van der Waals surface area contributed by atoms with Gasteiger partial charge in [-0.05, 0) is 35.9 Å². The van der Waals surface area contributed by atoms with E-state index in [4.69, 9.17) is 16.3 Å². The van der Waals surface area contributed by atoms with E-state index < -0.39 is 5.25 Å². The monoisotopic (exact) mass is 424 g/mol. The Morgan fingerprint density at radius 3 is 2.66 bits per heavy atom. The number of fused-ring (bicyclic) bond motifs is 1. The minimum Gasteiger partial charge on any atom is -0.495 e. The van der Waals surface area contributed by atoms with Crippen molar-refractivity contribution in [1.82, 2.24) is 14.6 Å². The number of methoxy groups -OCH3 is 1. The number of carbonyl (C=O) groups is 1. The maximum atomic E-state index is 13.2. The van der Waals surface area contributed by atoms with E-state index in [1.165, 1.54) is 11.8 Å². The fourth-order valence-corrected chi connectivity index (χ4v) is 4.14. The molecule has 1 atom stereocenters. The van der Waals surface area contributed by atoms with E-state index in [0.29, 0.717) is 21.6 Å². The first-order chi connectivity index (χ1) is 14.2. The van der Waals surface area contributed by atoms with Gasteiger partial charge in [-0.15, -0.1) is 10.2 Å². The van der Waals surface area contributed by atoms with Crippen LogP contribution in [0.25, 0.3) is 5.65 Å². The lowest BCUT2D eigenvalue weighted by atomic mass is 10.1. The number of pyridine rings is 1. The van der Waals surface area contributed by atoms with E-state index in [2.05, 4.69) is 15.5 Å². The number of nitrogens with zero attached hydrogens (tertiary/aromatic N) is 3. The number of amides is 1. The number of carbonyl (C=O) groups excluding carboxylic acids is 1. The predicted molar refractivity (Wildman–Crippen MR) is 115 cm³/mol. The second-order valence-corrected chi connectivity index (χ2v) is 7.64. The Bertz CT molecular complexity index is 1150. The molecule has 1 unspecified atom stereocenters. The lowest BCUT2D eigenvalue weighted by Gasteiger charge is -2.16. The van der Waals surface area contributed by atoms with Gasteiger partial charge in [0.1, 0.15) is 11.0 Å². The first-order valence-corrected chi connectivity index (χ1v) is 10.1.